The Balaban J connectivity index is 1.91. The highest BCUT2D eigenvalue weighted by atomic mass is 16.5. The van der Waals surface area contributed by atoms with E-state index in [0.29, 0.717) is 5.69 Å². The number of anilines is 2. The van der Waals surface area contributed by atoms with E-state index in [2.05, 4.69) is 15.4 Å². The van der Waals surface area contributed by atoms with Gasteiger partial charge in [0.2, 0.25) is 0 Å². The molecule has 0 saturated carbocycles. The van der Waals surface area contributed by atoms with Gasteiger partial charge in [0.1, 0.15) is 5.82 Å². The largest absolute Gasteiger partial charge is 0.478 e. The molecule has 3 heterocycles. The number of carboxylic acid groups (broad SMARTS) is 1. The highest BCUT2D eigenvalue weighted by Gasteiger charge is 2.20. The van der Waals surface area contributed by atoms with Gasteiger partial charge in [-0.3, -0.25) is 4.98 Å². The summed E-state index contributed by atoms with van der Waals surface area (Å²) in [5, 5.41) is 17.0. The molecule has 1 fully saturated rings. The molecule has 1 aliphatic heterocycles. The van der Waals surface area contributed by atoms with Crippen molar-refractivity contribution in [1.82, 2.24) is 14.8 Å². The number of aromatic carboxylic acids is 1. The van der Waals surface area contributed by atoms with Crippen LogP contribution in [0.25, 0.3) is 0 Å². The third kappa shape index (κ3) is 2.94. The van der Waals surface area contributed by atoms with Gasteiger partial charge in [0.15, 0.2) is 0 Å². The number of hydrogen-bond acceptors (Lipinski definition) is 5. The quantitative estimate of drug-likeness (QED) is 0.901. The summed E-state index contributed by atoms with van der Waals surface area (Å²) in [5.41, 5.74) is 1.53. The van der Waals surface area contributed by atoms with E-state index in [0.717, 1.165) is 37.6 Å². The molecule has 7 nitrogen and oxygen atoms in total. The zero-order valence-corrected chi connectivity index (χ0v) is 12.3. The van der Waals surface area contributed by atoms with Crippen LogP contribution < -0.4 is 5.32 Å². The molecule has 0 amide bonds. The summed E-state index contributed by atoms with van der Waals surface area (Å²) in [6.07, 6.45) is 4.78. The van der Waals surface area contributed by atoms with Crippen LogP contribution in [0.1, 0.15) is 34.9 Å². The maximum Gasteiger partial charge on any atom is 0.337 e. The molecule has 0 bridgehead atoms. The zero-order chi connectivity index (χ0) is 15.5. The third-order valence-corrected chi connectivity index (χ3v) is 3.71. The van der Waals surface area contributed by atoms with Crippen molar-refractivity contribution in [2.75, 3.05) is 18.5 Å². The molecule has 3 rings (SSSR count). The fraction of sp³-hybridized carbons (Fsp3) is 0.400. The van der Waals surface area contributed by atoms with Crippen molar-refractivity contribution in [1.29, 1.82) is 0 Å². The van der Waals surface area contributed by atoms with Gasteiger partial charge in [0.25, 0.3) is 0 Å². The molecule has 0 atom stereocenters. The SMILES string of the molecule is Cc1cc(Nc2cnccc2C(=O)O)n(C2CCOCC2)n1. The molecule has 1 saturated heterocycles. The Bertz CT molecular complexity index is 677. The van der Waals surface area contributed by atoms with Gasteiger partial charge in [-0.2, -0.15) is 5.10 Å². The van der Waals surface area contributed by atoms with Gasteiger partial charge >= 0.3 is 5.97 Å². The maximum atomic E-state index is 11.3. The summed E-state index contributed by atoms with van der Waals surface area (Å²) >= 11 is 0. The number of carbonyl (C=O) groups is 1. The van der Waals surface area contributed by atoms with Gasteiger partial charge in [0.05, 0.1) is 29.2 Å². The fourth-order valence-corrected chi connectivity index (χ4v) is 2.64. The summed E-state index contributed by atoms with van der Waals surface area (Å²) in [6.45, 7) is 3.36. The van der Waals surface area contributed by atoms with E-state index in [4.69, 9.17) is 4.74 Å². The van der Waals surface area contributed by atoms with Gasteiger partial charge in [0, 0.05) is 25.5 Å². The van der Waals surface area contributed by atoms with Crippen molar-refractivity contribution in [2.45, 2.75) is 25.8 Å². The van der Waals surface area contributed by atoms with Crippen LogP contribution in [0.2, 0.25) is 0 Å². The number of aryl methyl sites for hydroxylation is 1. The highest BCUT2D eigenvalue weighted by Crippen LogP contribution is 2.28. The molecule has 0 radical (unpaired) electrons. The minimum Gasteiger partial charge on any atom is -0.478 e. The number of pyridine rings is 1. The molecule has 0 aromatic carbocycles. The molecular weight excluding hydrogens is 284 g/mol. The Labute approximate surface area is 127 Å². The van der Waals surface area contributed by atoms with E-state index in [1.165, 1.54) is 18.5 Å². The van der Waals surface area contributed by atoms with Crippen molar-refractivity contribution in [2.24, 2.45) is 0 Å². The lowest BCUT2D eigenvalue weighted by molar-refractivity contribution is 0.0668. The average molecular weight is 302 g/mol. The average Bonchev–Trinajstić information content (AvgIpc) is 2.89. The second kappa shape index (κ2) is 6.15. The molecular formula is C15H18N4O3. The Morgan fingerprint density at radius 3 is 2.95 bits per heavy atom. The van der Waals surface area contributed by atoms with Crippen molar-refractivity contribution in [3.05, 3.63) is 35.8 Å². The van der Waals surface area contributed by atoms with Crippen LogP contribution in [0.4, 0.5) is 11.5 Å². The monoisotopic (exact) mass is 302 g/mol. The van der Waals surface area contributed by atoms with Crippen LogP contribution in [0.15, 0.2) is 24.5 Å². The fourth-order valence-electron chi connectivity index (χ4n) is 2.64. The van der Waals surface area contributed by atoms with E-state index < -0.39 is 5.97 Å². The van der Waals surface area contributed by atoms with Gasteiger partial charge in [-0.25, -0.2) is 9.48 Å². The van der Waals surface area contributed by atoms with E-state index in [1.54, 1.807) is 0 Å². The number of carboxylic acids is 1. The summed E-state index contributed by atoms with van der Waals surface area (Å²) in [4.78, 5) is 15.3. The van der Waals surface area contributed by atoms with Crippen LogP contribution in [-0.2, 0) is 4.74 Å². The number of hydrogen-bond donors (Lipinski definition) is 2. The molecule has 22 heavy (non-hydrogen) atoms. The molecule has 1 aliphatic rings. The minimum absolute atomic E-state index is 0.187. The minimum atomic E-state index is -0.987. The number of nitrogens with one attached hydrogen (secondary N) is 1. The summed E-state index contributed by atoms with van der Waals surface area (Å²) in [6, 6.07) is 3.65. The first kappa shape index (κ1) is 14.5. The number of nitrogens with zero attached hydrogens (tertiary/aromatic N) is 3. The van der Waals surface area contributed by atoms with Crippen LogP contribution in [0, 0.1) is 6.92 Å². The molecule has 2 aromatic rings. The Morgan fingerprint density at radius 1 is 1.45 bits per heavy atom. The topological polar surface area (TPSA) is 89.3 Å². The third-order valence-electron chi connectivity index (χ3n) is 3.71. The van der Waals surface area contributed by atoms with Crippen LogP contribution in [-0.4, -0.2) is 39.1 Å². The Hall–Kier alpha value is -2.41. The molecule has 0 unspecified atom stereocenters. The Kier molecular flexibility index (Phi) is 4.06. The maximum absolute atomic E-state index is 11.3. The lowest BCUT2D eigenvalue weighted by Gasteiger charge is -2.24. The predicted molar refractivity (Wildman–Crippen MR) is 80.5 cm³/mol. The van der Waals surface area contributed by atoms with Crippen molar-refractivity contribution >= 4 is 17.5 Å². The van der Waals surface area contributed by atoms with Crippen LogP contribution in [0.5, 0.6) is 0 Å². The van der Waals surface area contributed by atoms with Gasteiger partial charge in [-0.05, 0) is 25.8 Å². The number of aromatic nitrogens is 3. The Morgan fingerprint density at radius 2 is 2.23 bits per heavy atom. The summed E-state index contributed by atoms with van der Waals surface area (Å²) in [7, 11) is 0. The standard InChI is InChI=1S/C15H18N4O3/c1-10-8-14(19(18-10)11-3-6-22-7-4-11)17-13-9-16-5-2-12(13)15(20)21/h2,5,8-9,11,17H,3-4,6-7H2,1H3,(H,20,21). The normalized spacial score (nSPS) is 15.7. The second-order valence-electron chi connectivity index (χ2n) is 5.31. The molecule has 116 valence electrons. The molecule has 7 heteroatoms. The van der Waals surface area contributed by atoms with Gasteiger partial charge in [-0.1, -0.05) is 0 Å². The van der Waals surface area contributed by atoms with Crippen molar-refractivity contribution in [3.8, 4) is 0 Å². The number of rotatable bonds is 4. The first-order valence-electron chi connectivity index (χ1n) is 7.23. The zero-order valence-electron chi connectivity index (χ0n) is 12.3. The molecule has 2 aromatic heterocycles. The van der Waals surface area contributed by atoms with E-state index in [9.17, 15) is 9.90 Å². The summed E-state index contributed by atoms with van der Waals surface area (Å²) < 4.78 is 7.31. The van der Waals surface area contributed by atoms with Crippen molar-refractivity contribution in [3.63, 3.8) is 0 Å². The molecule has 0 spiro atoms. The molecule has 0 aliphatic carbocycles. The lowest BCUT2D eigenvalue weighted by Crippen LogP contribution is -2.21. The van der Waals surface area contributed by atoms with Gasteiger partial charge in [-0.15, -0.1) is 0 Å². The predicted octanol–water partition coefficient (Wildman–Crippen LogP) is 2.38. The van der Waals surface area contributed by atoms with E-state index in [-0.39, 0.29) is 11.6 Å². The molecule has 2 N–H and O–H groups in total. The number of ether oxygens (including phenoxy) is 1. The van der Waals surface area contributed by atoms with E-state index >= 15 is 0 Å². The van der Waals surface area contributed by atoms with E-state index in [1.807, 2.05) is 17.7 Å². The first-order valence-corrected chi connectivity index (χ1v) is 7.23. The second-order valence-corrected chi connectivity index (χ2v) is 5.31. The lowest BCUT2D eigenvalue weighted by atomic mass is 10.1. The van der Waals surface area contributed by atoms with Crippen molar-refractivity contribution < 1.29 is 14.6 Å². The summed E-state index contributed by atoms with van der Waals surface area (Å²) in [5.74, 6) is -0.210. The first-order chi connectivity index (χ1) is 10.6. The smallest absolute Gasteiger partial charge is 0.337 e. The van der Waals surface area contributed by atoms with Gasteiger partial charge < -0.3 is 15.2 Å². The van der Waals surface area contributed by atoms with Crippen LogP contribution in [0.3, 0.4) is 0 Å². The highest BCUT2D eigenvalue weighted by molar-refractivity contribution is 5.94. The van der Waals surface area contributed by atoms with Crippen LogP contribution >= 0.6 is 0 Å².